The molecule has 0 aliphatic heterocycles. The van der Waals surface area contributed by atoms with Gasteiger partial charge in [0.15, 0.2) is 5.11 Å². The molecule has 3 aromatic carbocycles. The van der Waals surface area contributed by atoms with Gasteiger partial charge in [-0.2, -0.15) is 0 Å². The molecule has 0 spiro atoms. The second kappa shape index (κ2) is 8.88. The van der Waals surface area contributed by atoms with Crippen LogP contribution in [0.1, 0.15) is 20.7 Å². The molecule has 0 aliphatic rings. The zero-order valence-electron chi connectivity index (χ0n) is 14.6. The summed E-state index contributed by atoms with van der Waals surface area (Å²) in [7, 11) is 0. The SMILES string of the molecule is O=C(NNC(=S)NC(=O)c1ccccc1F)c1ccc(-c2ccccc2)cc1. The molecule has 28 heavy (non-hydrogen) atoms. The van der Waals surface area contributed by atoms with E-state index in [-0.39, 0.29) is 10.7 Å². The van der Waals surface area contributed by atoms with E-state index < -0.39 is 17.6 Å². The Morgan fingerprint density at radius 1 is 0.714 bits per heavy atom. The maximum absolute atomic E-state index is 13.6. The highest BCUT2D eigenvalue weighted by atomic mass is 32.1. The summed E-state index contributed by atoms with van der Waals surface area (Å²) in [4.78, 5) is 24.2. The highest BCUT2D eigenvalue weighted by molar-refractivity contribution is 7.80. The maximum atomic E-state index is 13.6. The largest absolute Gasteiger partial charge is 0.298 e. The zero-order valence-corrected chi connectivity index (χ0v) is 15.4. The van der Waals surface area contributed by atoms with E-state index in [0.29, 0.717) is 5.56 Å². The molecular formula is C21H16FN3O2S. The Labute approximate surface area is 166 Å². The van der Waals surface area contributed by atoms with Crippen LogP contribution in [0.15, 0.2) is 78.9 Å². The van der Waals surface area contributed by atoms with Gasteiger partial charge in [-0.1, -0.05) is 54.6 Å². The van der Waals surface area contributed by atoms with Crippen LogP contribution in [0.5, 0.6) is 0 Å². The Balaban J connectivity index is 1.54. The number of hydrogen-bond acceptors (Lipinski definition) is 3. The van der Waals surface area contributed by atoms with Crippen molar-refractivity contribution in [3.63, 3.8) is 0 Å². The summed E-state index contributed by atoms with van der Waals surface area (Å²) in [5, 5.41) is 2.15. The monoisotopic (exact) mass is 393 g/mol. The fraction of sp³-hybridized carbons (Fsp3) is 0. The van der Waals surface area contributed by atoms with Gasteiger partial charge in [-0.15, -0.1) is 0 Å². The Morgan fingerprint density at radius 3 is 2.00 bits per heavy atom. The van der Waals surface area contributed by atoms with Crippen molar-refractivity contribution in [2.45, 2.75) is 0 Å². The quantitative estimate of drug-likeness (QED) is 0.471. The molecule has 3 aromatic rings. The van der Waals surface area contributed by atoms with E-state index in [1.165, 1.54) is 24.3 Å². The van der Waals surface area contributed by atoms with Crippen molar-refractivity contribution in [2.24, 2.45) is 0 Å². The van der Waals surface area contributed by atoms with Crippen molar-refractivity contribution in [2.75, 3.05) is 0 Å². The fourth-order valence-corrected chi connectivity index (χ4v) is 2.62. The topological polar surface area (TPSA) is 70.2 Å². The number of carbonyl (C=O) groups is 2. The van der Waals surface area contributed by atoms with Gasteiger partial charge in [-0.25, -0.2) is 4.39 Å². The molecule has 7 heteroatoms. The number of rotatable bonds is 3. The molecule has 5 nitrogen and oxygen atoms in total. The average Bonchev–Trinajstić information content (AvgIpc) is 2.73. The van der Waals surface area contributed by atoms with E-state index >= 15 is 0 Å². The van der Waals surface area contributed by atoms with Crippen molar-refractivity contribution in [3.8, 4) is 11.1 Å². The fourth-order valence-electron chi connectivity index (χ4n) is 2.48. The number of nitrogens with one attached hydrogen (secondary N) is 3. The van der Waals surface area contributed by atoms with Crippen LogP contribution < -0.4 is 16.2 Å². The highest BCUT2D eigenvalue weighted by Crippen LogP contribution is 2.19. The lowest BCUT2D eigenvalue weighted by Crippen LogP contribution is -2.48. The average molecular weight is 393 g/mol. The van der Waals surface area contributed by atoms with Crippen molar-refractivity contribution in [1.82, 2.24) is 16.2 Å². The molecule has 0 saturated carbocycles. The molecular weight excluding hydrogens is 377 g/mol. The Bertz CT molecular complexity index is 1010. The lowest BCUT2D eigenvalue weighted by Gasteiger charge is -2.11. The number of amides is 2. The molecule has 0 aliphatic carbocycles. The second-order valence-electron chi connectivity index (χ2n) is 5.79. The van der Waals surface area contributed by atoms with E-state index in [9.17, 15) is 14.0 Å². The number of halogens is 1. The van der Waals surface area contributed by atoms with Gasteiger partial charge in [-0.3, -0.25) is 25.8 Å². The van der Waals surface area contributed by atoms with Crippen molar-refractivity contribution >= 4 is 29.1 Å². The standard InChI is InChI=1S/C21H16FN3O2S/c22-18-9-5-4-8-17(18)20(27)23-21(28)25-24-19(26)16-12-10-15(11-13-16)14-6-2-1-3-7-14/h1-13H,(H,24,26)(H2,23,25,27,28). The first kappa shape index (κ1) is 19.2. The lowest BCUT2D eigenvalue weighted by molar-refractivity contribution is 0.0933. The number of thiocarbonyl (C=S) groups is 1. The Kier molecular flexibility index (Phi) is 6.08. The number of hydrogen-bond donors (Lipinski definition) is 3. The van der Waals surface area contributed by atoms with Crippen LogP contribution in [0.4, 0.5) is 4.39 Å². The van der Waals surface area contributed by atoms with E-state index in [1.54, 1.807) is 12.1 Å². The molecule has 140 valence electrons. The van der Waals surface area contributed by atoms with Crippen LogP contribution in [-0.2, 0) is 0 Å². The molecule has 0 fully saturated rings. The van der Waals surface area contributed by atoms with Crippen LogP contribution in [0.3, 0.4) is 0 Å². The van der Waals surface area contributed by atoms with E-state index in [1.807, 2.05) is 42.5 Å². The van der Waals surface area contributed by atoms with Crippen molar-refractivity contribution in [3.05, 3.63) is 95.8 Å². The molecule has 0 unspecified atom stereocenters. The minimum absolute atomic E-state index is 0.144. The van der Waals surface area contributed by atoms with Gasteiger partial charge in [0, 0.05) is 5.56 Å². The molecule has 0 heterocycles. The maximum Gasteiger partial charge on any atom is 0.269 e. The molecule has 0 bridgehead atoms. The van der Waals surface area contributed by atoms with Crippen LogP contribution in [0.25, 0.3) is 11.1 Å². The van der Waals surface area contributed by atoms with Gasteiger partial charge in [0.2, 0.25) is 0 Å². The second-order valence-corrected chi connectivity index (χ2v) is 6.19. The van der Waals surface area contributed by atoms with Gasteiger partial charge in [-0.05, 0) is 47.6 Å². The van der Waals surface area contributed by atoms with E-state index in [0.717, 1.165) is 11.1 Å². The predicted octanol–water partition coefficient (Wildman–Crippen LogP) is 3.44. The molecule has 0 atom stereocenters. The predicted molar refractivity (Wildman–Crippen MR) is 109 cm³/mol. The highest BCUT2D eigenvalue weighted by Gasteiger charge is 2.13. The van der Waals surface area contributed by atoms with Gasteiger partial charge in [0.25, 0.3) is 11.8 Å². The van der Waals surface area contributed by atoms with E-state index in [4.69, 9.17) is 12.2 Å². The smallest absolute Gasteiger partial charge is 0.269 e. The van der Waals surface area contributed by atoms with Crippen LogP contribution >= 0.6 is 12.2 Å². The summed E-state index contributed by atoms with van der Waals surface area (Å²) in [5.74, 6) is -1.80. The molecule has 0 radical (unpaired) electrons. The molecule has 0 saturated heterocycles. The summed E-state index contributed by atoms with van der Waals surface area (Å²) in [6.45, 7) is 0. The van der Waals surface area contributed by atoms with Crippen LogP contribution in [0.2, 0.25) is 0 Å². The third-order valence-corrected chi connectivity index (χ3v) is 4.09. The molecule has 0 aromatic heterocycles. The van der Waals surface area contributed by atoms with Gasteiger partial charge in [0.1, 0.15) is 5.82 Å². The first-order valence-electron chi connectivity index (χ1n) is 8.36. The minimum Gasteiger partial charge on any atom is -0.298 e. The summed E-state index contributed by atoms with van der Waals surface area (Å²) in [5.41, 5.74) is 7.11. The van der Waals surface area contributed by atoms with E-state index in [2.05, 4.69) is 16.2 Å². The van der Waals surface area contributed by atoms with Gasteiger partial charge < -0.3 is 0 Å². The number of hydrazine groups is 1. The van der Waals surface area contributed by atoms with Gasteiger partial charge in [0.05, 0.1) is 5.56 Å². The molecule has 2 amide bonds. The minimum atomic E-state index is -0.711. The number of benzene rings is 3. The number of carbonyl (C=O) groups excluding carboxylic acids is 2. The summed E-state index contributed by atoms with van der Waals surface area (Å²) >= 11 is 4.95. The van der Waals surface area contributed by atoms with Crippen molar-refractivity contribution < 1.29 is 14.0 Å². The lowest BCUT2D eigenvalue weighted by atomic mass is 10.0. The first-order valence-corrected chi connectivity index (χ1v) is 8.77. The summed E-state index contributed by atoms with van der Waals surface area (Å²) < 4.78 is 13.6. The molecule has 3 N–H and O–H groups in total. The zero-order chi connectivity index (χ0) is 19.9. The Morgan fingerprint density at radius 2 is 1.32 bits per heavy atom. The van der Waals surface area contributed by atoms with Crippen LogP contribution in [-0.4, -0.2) is 16.9 Å². The van der Waals surface area contributed by atoms with Gasteiger partial charge >= 0.3 is 0 Å². The summed E-state index contributed by atoms with van der Waals surface area (Å²) in [6, 6.07) is 22.3. The van der Waals surface area contributed by atoms with Crippen molar-refractivity contribution in [1.29, 1.82) is 0 Å². The first-order chi connectivity index (χ1) is 13.5. The third kappa shape index (κ3) is 4.77. The summed E-state index contributed by atoms with van der Waals surface area (Å²) in [6.07, 6.45) is 0. The normalized spacial score (nSPS) is 10.0. The third-order valence-electron chi connectivity index (χ3n) is 3.89. The molecule has 3 rings (SSSR count). The Hall–Kier alpha value is -3.58. The van der Waals surface area contributed by atoms with Crippen LogP contribution in [0, 0.1) is 5.82 Å².